The zero-order valence-corrected chi connectivity index (χ0v) is 10.5. The molecule has 0 aliphatic carbocycles. The predicted molar refractivity (Wildman–Crippen MR) is 72.1 cm³/mol. The lowest BCUT2D eigenvalue weighted by Gasteiger charge is -2.18. The first-order valence-electron chi connectivity index (χ1n) is 5.32. The minimum atomic E-state index is 0. The monoisotopic (exact) mass is 241 g/mol. The van der Waals surface area contributed by atoms with Crippen molar-refractivity contribution in [3.05, 3.63) is 42.5 Å². The van der Waals surface area contributed by atoms with Crippen LogP contribution in [0, 0.1) is 0 Å². The van der Waals surface area contributed by atoms with E-state index in [9.17, 15) is 0 Å². The molecule has 0 saturated carbocycles. The minimum absolute atomic E-state index is 0. The van der Waals surface area contributed by atoms with Crippen molar-refractivity contribution in [2.24, 2.45) is 0 Å². The molecule has 1 N–H and O–H groups in total. The molecule has 0 bridgehead atoms. The van der Waals surface area contributed by atoms with Gasteiger partial charge in [-0.25, -0.2) is 0 Å². The molecule has 1 saturated heterocycles. The highest BCUT2D eigenvalue weighted by atomic mass is 35.5. The van der Waals surface area contributed by atoms with Crippen LogP contribution in [0.15, 0.2) is 36.9 Å². The van der Waals surface area contributed by atoms with Crippen molar-refractivity contribution in [3.63, 3.8) is 0 Å². The lowest BCUT2D eigenvalue weighted by atomic mass is 10.2. The summed E-state index contributed by atoms with van der Waals surface area (Å²) in [5.41, 5.74) is 1.17. The largest absolute Gasteiger partial charge is 0.376 e. The summed E-state index contributed by atoms with van der Waals surface area (Å²) >= 11 is 0. The Kier molecular flexibility index (Phi) is 8.91. The molecule has 3 heteroatoms. The second-order valence-corrected chi connectivity index (χ2v) is 3.50. The lowest BCUT2D eigenvalue weighted by Crippen LogP contribution is -2.36. The maximum atomic E-state index is 5.22. The zero-order valence-electron chi connectivity index (χ0n) is 9.69. The van der Waals surface area contributed by atoms with Crippen molar-refractivity contribution in [2.75, 3.05) is 19.7 Å². The Hall–Kier alpha value is -0.830. The van der Waals surface area contributed by atoms with Crippen LogP contribution < -0.4 is 5.32 Å². The van der Waals surface area contributed by atoms with Crippen LogP contribution in [0.1, 0.15) is 12.5 Å². The van der Waals surface area contributed by atoms with Gasteiger partial charge in [-0.3, -0.25) is 0 Å². The Morgan fingerprint density at radius 3 is 2.38 bits per heavy atom. The van der Waals surface area contributed by atoms with Gasteiger partial charge >= 0.3 is 0 Å². The van der Waals surface area contributed by atoms with E-state index in [1.54, 1.807) is 0 Å². The molecule has 1 heterocycles. The Bertz CT molecular complexity index is 271. The summed E-state index contributed by atoms with van der Waals surface area (Å²) in [6.45, 7) is 8.61. The number of benzene rings is 1. The smallest absolute Gasteiger partial charge is 0.0672 e. The standard InChI is InChI=1S/C8H8.C5H11NO.ClH/c1-2-8-6-4-3-5-7-8;1-5-4-6-2-3-7-5;/h2-7H,1H2;5-6H,2-4H2,1H3;1H. The maximum absolute atomic E-state index is 5.22. The summed E-state index contributed by atoms with van der Waals surface area (Å²) in [5.74, 6) is 0. The van der Waals surface area contributed by atoms with Gasteiger partial charge in [-0.15, -0.1) is 12.4 Å². The van der Waals surface area contributed by atoms with E-state index in [0.717, 1.165) is 19.7 Å². The minimum Gasteiger partial charge on any atom is -0.376 e. The first-order chi connectivity index (χ1) is 7.33. The molecule has 1 atom stereocenters. The molecule has 0 amide bonds. The first kappa shape index (κ1) is 15.2. The first-order valence-corrected chi connectivity index (χ1v) is 5.32. The molecule has 16 heavy (non-hydrogen) atoms. The van der Waals surface area contributed by atoms with E-state index in [1.165, 1.54) is 5.56 Å². The van der Waals surface area contributed by atoms with Crippen LogP contribution in [-0.4, -0.2) is 25.8 Å². The molecule has 1 fully saturated rings. The van der Waals surface area contributed by atoms with E-state index in [0.29, 0.717) is 6.10 Å². The van der Waals surface area contributed by atoms with Crippen molar-refractivity contribution in [2.45, 2.75) is 13.0 Å². The van der Waals surface area contributed by atoms with Crippen LogP contribution in [0.5, 0.6) is 0 Å². The highest BCUT2D eigenvalue weighted by molar-refractivity contribution is 5.85. The molecular weight excluding hydrogens is 222 g/mol. The van der Waals surface area contributed by atoms with Gasteiger partial charge in [0, 0.05) is 13.1 Å². The highest BCUT2D eigenvalue weighted by Crippen LogP contribution is 1.97. The maximum Gasteiger partial charge on any atom is 0.0672 e. The molecule has 2 rings (SSSR count). The Labute approximate surface area is 104 Å². The topological polar surface area (TPSA) is 21.3 Å². The Balaban J connectivity index is 0.000000267. The van der Waals surface area contributed by atoms with Gasteiger partial charge in [0.1, 0.15) is 0 Å². The summed E-state index contributed by atoms with van der Waals surface area (Å²) in [7, 11) is 0. The Morgan fingerprint density at radius 1 is 1.38 bits per heavy atom. The average Bonchev–Trinajstić information content (AvgIpc) is 2.32. The van der Waals surface area contributed by atoms with Crippen molar-refractivity contribution >= 4 is 18.5 Å². The van der Waals surface area contributed by atoms with Gasteiger partial charge in [0.25, 0.3) is 0 Å². The lowest BCUT2D eigenvalue weighted by molar-refractivity contribution is 0.0410. The number of hydrogen-bond donors (Lipinski definition) is 1. The molecule has 1 aromatic rings. The van der Waals surface area contributed by atoms with Crippen LogP contribution in [0.25, 0.3) is 6.08 Å². The van der Waals surface area contributed by atoms with Crippen LogP contribution in [0.2, 0.25) is 0 Å². The summed E-state index contributed by atoms with van der Waals surface area (Å²) in [6, 6.07) is 10.0. The van der Waals surface area contributed by atoms with Crippen molar-refractivity contribution < 1.29 is 4.74 Å². The van der Waals surface area contributed by atoms with Gasteiger partial charge in [-0.2, -0.15) is 0 Å². The normalized spacial score (nSPS) is 18.7. The Morgan fingerprint density at radius 2 is 2.06 bits per heavy atom. The van der Waals surface area contributed by atoms with Crippen LogP contribution in [0.3, 0.4) is 0 Å². The van der Waals surface area contributed by atoms with E-state index in [1.807, 2.05) is 36.4 Å². The number of nitrogens with one attached hydrogen (secondary N) is 1. The van der Waals surface area contributed by atoms with E-state index < -0.39 is 0 Å². The average molecular weight is 242 g/mol. The summed E-state index contributed by atoms with van der Waals surface area (Å²) in [5, 5.41) is 3.21. The molecule has 1 aliphatic heterocycles. The molecule has 2 nitrogen and oxygen atoms in total. The molecule has 1 aliphatic rings. The molecule has 0 radical (unpaired) electrons. The molecular formula is C13H20ClNO. The van der Waals surface area contributed by atoms with Gasteiger partial charge in [0.2, 0.25) is 0 Å². The summed E-state index contributed by atoms with van der Waals surface area (Å²) < 4.78 is 5.22. The van der Waals surface area contributed by atoms with Crippen LogP contribution in [0.4, 0.5) is 0 Å². The number of morpholine rings is 1. The van der Waals surface area contributed by atoms with E-state index >= 15 is 0 Å². The van der Waals surface area contributed by atoms with Crippen LogP contribution >= 0.6 is 12.4 Å². The third-order valence-electron chi connectivity index (χ3n) is 2.15. The summed E-state index contributed by atoms with van der Waals surface area (Å²) in [4.78, 5) is 0. The SMILES string of the molecule is C=Cc1ccccc1.CC1CNCCO1.Cl. The van der Waals surface area contributed by atoms with E-state index in [-0.39, 0.29) is 12.4 Å². The number of hydrogen-bond acceptors (Lipinski definition) is 2. The van der Waals surface area contributed by atoms with Gasteiger partial charge in [0.05, 0.1) is 12.7 Å². The molecule has 0 spiro atoms. The predicted octanol–water partition coefficient (Wildman–Crippen LogP) is 2.75. The van der Waals surface area contributed by atoms with Crippen LogP contribution in [-0.2, 0) is 4.74 Å². The van der Waals surface area contributed by atoms with Crippen molar-refractivity contribution in [3.8, 4) is 0 Å². The number of rotatable bonds is 1. The van der Waals surface area contributed by atoms with Gasteiger partial charge < -0.3 is 10.1 Å². The van der Waals surface area contributed by atoms with Gasteiger partial charge in [0.15, 0.2) is 0 Å². The van der Waals surface area contributed by atoms with Gasteiger partial charge in [-0.05, 0) is 12.5 Å². The second kappa shape index (κ2) is 9.40. The number of ether oxygens (including phenoxy) is 1. The summed E-state index contributed by atoms with van der Waals surface area (Å²) in [6.07, 6.45) is 2.26. The molecule has 90 valence electrons. The second-order valence-electron chi connectivity index (χ2n) is 3.50. The highest BCUT2D eigenvalue weighted by Gasteiger charge is 2.04. The van der Waals surface area contributed by atoms with E-state index in [4.69, 9.17) is 4.74 Å². The fraction of sp³-hybridized carbons (Fsp3) is 0.385. The fourth-order valence-electron chi connectivity index (χ4n) is 1.29. The number of halogens is 1. The van der Waals surface area contributed by atoms with Gasteiger partial charge in [-0.1, -0.05) is 43.0 Å². The fourth-order valence-corrected chi connectivity index (χ4v) is 1.29. The third-order valence-corrected chi connectivity index (χ3v) is 2.15. The van der Waals surface area contributed by atoms with Crippen molar-refractivity contribution in [1.82, 2.24) is 5.32 Å². The molecule has 1 aromatic carbocycles. The molecule has 0 aromatic heterocycles. The third kappa shape index (κ3) is 6.62. The quantitative estimate of drug-likeness (QED) is 0.817. The van der Waals surface area contributed by atoms with Crippen molar-refractivity contribution in [1.29, 1.82) is 0 Å². The zero-order chi connectivity index (χ0) is 10.9. The molecule has 1 unspecified atom stereocenters. The van der Waals surface area contributed by atoms with E-state index in [2.05, 4.69) is 18.8 Å².